The van der Waals surface area contributed by atoms with Gasteiger partial charge in [0.1, 0.15) is 12.1 Å². The first-order valence-electron chi connectivity index (χ1n) is 8.95. The largest absolute Gasteiger partial charge is 0.495 e. The zero-order chi connectivity index (χ0) is 19.5. The molecule has 1 amide bonds. The van der Waals surface area contributed by atoms with E-state index in [9.17, 15) is 9.90 Å². The van der Waals surface area contributed by atoms with Crippen LogP contribution in [-0.4, -0.2) is 49.4 Å². The summed E-state index contributed by atoms with van der Waals surface area (Å²) in [5, 5.41) is 23.8. The lowest BCUT2D eigenvalue weighted by Gasteiger charge is -2.38. The van der Waals surface area contributed by atoms with Gasteiger partial charge in [-0.25, -0.2) is 4.68 Å². The first-order valence-corrected chi connectivity index (χ1v) is 8.95. The molecule has 9 nitrogen and oxygen atoms in total. The summed E-state index contributed by atoms with van der Waals surface area (Å²) in [6.45, 7) is 0. The van der Waals surface area contributed by atoms with Gasteiger partial charge in [0.25, 0.3) is 5.91 Å². The minimum absolute atomic E-state index is 0.147. The molecule has 1 fully saturated rings. The average molecular weight is 380 g/mol. The van der Waals surface area contributed by atoms with E-state index in [0.29, 0.717) is 24.2 Å². The normalized spacial score (nSPS) is 19.5. The maximum atomic E-state index is 12.8. The summed E-state index contributed by atoms with van der Waals surface area (Å²) in [6.07, 6.45) is 5.79. The quantitative estimate of drug-likeness (QED) is 0.662. The Morgan fingerprint density at radius 2 is 2.07 bits per heavy atom. The van der Waals surface area contributed by atoms with E-state index in [4.69, 9.17) is 4.74 Å². The zero-order valence-corrected chi connectivity index (χ0v) is 15.3. The number of pyridine rings is 1. The van der Waals surface area contributed by atoms with Crippen LogP contribution < -0.4 is 10.1 Å². The van der Waals surface area contributed by atoms with Crippen molar-refractivity contribution < 1.29 is 14.6 Å². The SMILES string of the molecule is COc1cncc([C@H](NC(=O)c2ccc(-n3cnnn3)cc2)C2CC(O)C2)c1. The lowest BCUT2D eigenvalue weighted by Crippen LogP contribution is -2.41. The lowest BCUT2D eigenvalue weighted by molar-refractivity contribution is 0.0234. The molecule has 3 aromatic rings. The van der Waals surface area contributed by atoms with E-state index < -0.39 is 0 Å². The van der Waals surface area contributed by atoms with E-state index in [2.05, 4.69) is 25.8 Å². The number of ether oxygens (including phenoxy) is 1. The molecule has 0 spiro atoms. The molecule has 1 atom stereocenters. The molecule has 2 heterocycles. The number of aliphatic hydroxyl groups is 1. The molecule has 1 aliphatic carbocycles. The highest BCUT2D eigenvalue weighted by Crippen LogP contribution is 2.38. The number of carbonyl (C=O) groups is 1. The highest BCUT2D eigenvalue weighted by molar-refractivity contribution is 5.94. The summed E-state index contributed by atoms with van der Waals surface area (Å²) in [5.74, 6) is 0.577. The van der Waals surface area contributed by atoms with Crippen LogP contribution in [0, 0.1) is 5.92 Å². The molecule has 0 saturated heterocycles. The number of methoxy groups -OCH3 is 1. The Morgan fingerprint density at radius 3 is 2.71 bits per heavy atom. The van der Waals surface area contributed by atoms with E-state index in [1.165, 1.54) is 11.0 Å². The highest BCUT2D eigenvalue weighted by atomic mass is 16.5. The van der Waals surface area contributed by atoms with Gasteiger partial charge in [0.2, 0.25) is 0 Å². The molecule has 9 heteroatoms. The van der Waals surface area contributed by atoms with Gasteiger partial charge in [0.15, 0.2) is 0 Å². The maximum absolute atomic E-state index is 12.8. The Kier molecular flexibility index (Phi) is 4.98. The van der Waals surface area contributed by atoms with Crippen LogP contribution in [0.25, 0.3) is 5.69 Å². The van der Waals surface area contributed by atoms with Gasteiger partial charge >= 0.3 is 0 Å². The summed E-state index contributed by atoms with van der Waals surface area (Å²) in [4.78, 5) is 17.0. The van der Waals surface area contributed by atoms with Crippen LogP contribution in [0.4, 0.5) is 0 Å². The molecule has 0 radical (unpaired) electrons. The fraction of sp³-hybridized carbons (Fsp3) is 0.316. The van der Waals surface area contributed by atoms with Crippen LogP contribution in [-0.2, 0) is 0 Å². The Morgan fingerprint density at radius 1 is 1.29 bits per heavy atom. The third kappa shape index (κ3) is 3.70. The van der Waals surface area contributed by atoms with Crippen LogP contribution in [0.1, 0.15) is 34.8 Å². The Balaban J connectivity index is 1.53. The van der Waals surface area contributed by atoms with Crippen molar-refractivity contribution in [3.8, 4) is 11.4 Å². The van der Waals surface area contributed by atoms with Gasteiger partial charge in [-0.2, -0.15) is 0 Å². The topological polar surface area (TPSA) is 115 Å². The van der Waals surface area contributed by atoms with Crippen molar-refractivity contribution in [1.82, 2.24) is 30.5 Å². The van der Waals surface area contributed by atoms with E-state index in [1.54, 1.807) is 43.8 Å². The average Bonchev–Trinajstić information content (AvgIpc) is 3.25. The van der Waals surface area contributed by atoms with Gasteiger partial charge in [-0.05, 0) is 65.1 Å². The molecule has 2 aromatic heterocycles. The number of tetrazole rings is 1. The number of nitrogens with one attached hydrogen (secondary N) is 1. The molecular formula is C19H20N6O3. The molecule has 1 aromatic carbocycles. The fourth-order valence-electron chi connectivity index (χ4n) is 3.36. The molecule has 28 heavy (non-hydrogen) atoms. The van der Waals surface area contributed by atoms with E-state index in [0.717, 1.165) is 11.3 Å². The predicted octanol–water partition coefficient (Wildman–Crippen LogP) is 1.31. The van der Waals surface area contributed by atoms with Crippen LogP contribution in [0.3, 0.4) is 0 Å². The van der Waals surface area contributed by atoms with E-state index >= 15 is 0 Å². The van der Waals surface area contributed by atoms with Crippen LogP contribution in [0.2, 0.25) is 0 Å². The smallest absolute Gasteiger partial charge is 0.251 e. The zero-order valence-electron chi connectivity index (χ0n) is 15.3. The number of aliphatic hydroxyl groups excluding tert-OH is 1. The number of rotatable bonds is 6. The summed E-state index contributed by atoms with van der Waals surface area (Å²) < 4.78 is 6.77. The Labute approximate surface area is 161 Å². The fourth-order valence-corrected chi connectivity index (χ4v) is 3.36. The summed E-state index contributed by atoms with van der Waals surface area (Å²) in [6, 6.07) is 8.62. The lowest BCUT2D eigenvalue weighted by atomic mass is 9.75. The van der Waals surface area contributed by atoms with E-state index in [1.807, 2.05) is 6.07 Å². The minimum atomic E-state index is -0.321. The third-order valence-electron chi connectivity index (χ3n) is 4.98. The van der Waals surface area contributed by atoms with Crippen LogP contribution in [0.5, 0.6) is 5.75 Å². The predicted molar refractivity (Wildman–Crippen MR) is 98.9 cm³/mol. The van der Waals surface area contributed by atoms with Crippen molar-refractivity contribution in [3.05, 3.63) is 60.2 Å². The van der Waals surface area contributed by atoms with Crippen molar-refractivity contribution in [2.45, 2.75) is 25.0 Å². The molecule has 0 aliphatic heterocycles. The number of benzene rings is 1. The van der Waals surface area contributed by atoms with Gasteiger partial charge in [0, 0.05) is 11.8 Å². The Bertz CT molecular complexity index is 939. The second kappa shape index (κ2) is 7.73. The van der Waals surface area contributed by atoms with Gasteiger partial charge in [-0.1, -0.05) is 0 Å². The first-order chi connectivity index (χ1) is 13.6. The number of carbonyl (C=O) groups excluding carboxylic acids is 1. The number of hydrogen-bond donors (Lipinski definition) is 2. The van der Waals surface area contributed by atoms with Gasteiger partial charge in [0.05, 0.1) is 31.1 Å². The molecule has 4 rings (SSSR count). The first kappa shape index (κ1) is 18.1. The Hall–Kier alpha value is -3.33. The van der Waals surface area contributed by atoms with Crippen molar-refractivity contribution >= 4 is 5.91 Å². The number of hydrogen-bond acceptors (Lipinski definition) is 7. The number of amides is 1. The molecular weight excluding hydrogens is 360 g/mol. The standard InChI is InChI=1S/C19H20N6O3/c1-28-17-8-14(9-20-10-17)18(13-6-16(26)7-13)22-19(27)12-2-4-15(5-3-12)25-11-21-23-24-25/h2-5,8-11,13,16,18,26H,6-7H2,1H3,(H,22,27)/t13?,16?,18-/m1/s1. The van der Waals surface area contributed by atoms with E-state index in [-0.39, 0.29) is 24.0 Å². The molecule has 0 unspecified atom stereocenters. The van der Waals surface area contributed by atoms with Crippen molar-refractivity contribution in [1.29, 1.82) is 0 Å². The van der Waals surface area contributed by atoms with Crippen molar-refractivity contribution in [2.24, 2.45) is 5.92 Å². The second-order valence-electron chi connectivity index (χ2n) is 6.80. The van der Waals surface area contributed by atoms with Crippen LogP contribution >= 0.6 is 0 Å². The highest BCUT2D eigenvalue weighted by Gasteiger charge is 2.36. The van der Waals surface area contributed by atoms with Crippen molar-refractivity contribution in [3.63, 3.8) is 0 Å². The maximum Gasteiger partial charge on any atom is 0.251 e. The third-order valence-corrected chi connectivity index (χ3v) is 4.98. The number of aromatic nitrogens is 5. The monoisotopic (exact) mass is 380 g/mol. The molecule has 1 aliphatic rings. The van der Waals surface area contributed by atoms with Crippen LogP contribution in [0.15, 0.2) is 49.1 Å². The van der Waals surface area contributed by atoms with Gasteiger partial charge in [-0.3, -0.25) is 9.78 Å². The molecule has 144 valence electrons. The second-order valence-corrected chi connectivity index (χ2v) is 6.80. The summed E-state index contributed by atoms with van der Waals surface area (Å²) in [5.41, 5.74) is 2.14. The summed E-state index contributed by atoms with van der Waals surface area (Å²) in [7, 11) is 1.58. The molecule has 0 bridgehead atoms. The van der Waals surface area contributed by atoms with Crippen molar-refractivity contribution in [2.75, 3.05) is 7.11 Å². The number of nitrogens with zero attached hydrogens (tertiary/aromatic N) is 5. The minimum Gasteiger partial charge on any atom is -0.495 e. The molecule has 1 saturated carbocycles. The van der Waals surface area contributed by atoms with Gasteiger partial charge < -0.3 is 15.2 Å². The summed E-state index contributed by atoms with van der Waals surface area (Å²) >= 11 is 0. The molecule has 2 N–H and O–H groups in total. The van der Waals surface area contributed by atoms with Gasteiger partial charge in [-0.15, -0.1) is 5.10 Å².